The Kier molecular flexibility index (Phi) is 8.67. The average molecular weight is 545 g/mol. The number of nitrogens with zero attached hydrogens (tertiary/aromatic N) is 2. The molecule has 0 N–H and O–H groups in total. The molecule has 5 nitrogen and oxygen atoms in total. The molecular formula is C32H33FN2O3S. The molecule has 202 valence electrons. The standard InChI is InChI=1S/C32H33FN2O3S/c1-3-37-29-19-23(16-17-28(29)38-21-24-11-9-12-25(33)18-24)20-30-31(36)35(27-15-8-7-10-22(27)2)32(39-30)34-26-13-5-4-6-14-26/h4-6,9,11-14,16-20,22,27H,3,7-8,10,15,21H2,1-2H3/b30-20-,34-32?/t22-,27+/m0/s1. The van der Waals surface area contributed by atoms with Crippen LogP contribution in [-0.2, 0) is 11.4 Å². The Morgan fingerprint density at radius 2 is 1.82 bits per heavy atom. The van der Waals surface area contributed by atoms with Gasteiger partial charge in [0.25, 0.3) is 5.91 Å². The van der Waals surface area contributed by atoms with Crippen molar-refractivity contribution >= 4 is 34.6 Å². The summed E-state index contributed by atoms with van der Waals surface area (Å²) < 4.78 is 25.4. The molecule has 0 unspecified atom stereocenters. The third-order valence-corrected chi connectivity index (χ3v) is 8.05. The molecule has 2 aliphatic rings. The molecule has 0 aromatic heterocycles. The third kappa shape index (κ3) is 6.53. The van der Waals surface area contributed by atoms with Crippen molar-refractivity contribution in [3.63, 3.8) is 0 Å². The first kappa shape index (κ1) is 27.0. The average Bonchev–Trinajstić information content (AvgIpc) is 3.23. The Hall–Kier alpha value is -3.58. The topological polar surface area (TPSA) is 51.1 Å². The van der Waals surface area contributed by atoms with Gasteiger partial charge in [0.1, 0.15) is 12.4 Å². The minimum atomic E-state index is -0.298. The third-order valence-electron chi connectivity index (χ3n) is 7.06. The number of amidine groups is 1. The maximum absolute atomic E-state index is 13.8. The maximum atomic E-state index is 13.8. The predicted molar refractivity (Wildman–Crippen MR) is 156 cm³/mol. The number of amides is 1. The number of aliphatic imine (C=N–C) groups is 1. The second kappa shape index (κ2) is 12.5. The zero-order chi connectivity index (χ0) is 27.2. The quantitative estimate of drug-likeness (QED) is 0.270. The van der Waals surface area contributed by atoms with E-state index in [4.69, 9.17) is 14.5 Å². The van der Waals surface area contributed by atoms with Crippen LogP contribution in [0.15, 0.2) is 82.7 Å². The molecule has 3 aromatic rings. The number of benzene rings is 3. The van der Waals surface area contributed by atoms with Crippen molar-refractivity contribution in [2.75, 3.05) is 6.61 Å². The number of carbonyl (C=O) groups is 1. The zero-order valence-electron chi connectivity index (χ0n) is 22.3. The molecule has 1 aliphatic heterocycles. The fourth-order valence-corrected chi connectivity index (χ4v) is 6.14. The van der Waals surface area contributed by atoms with Crippen LogP contribution in [0.4, 0.5) is 10.1 Å². The van der Waals surface area contributed by atoms with Gasteiger partial charge in [-0.25, -0.2) is 9.38 Å². The Morgan fingerprint density at radius 1 is 1.00 bits per heavy atom. The van der Waals surface area contributed by atoms with Crippen LogP contribution in [0.2, 0.25) is 0 Å². The molecule has 39 heavy (non-hydrogen) atoms. The predicted octanol–water partition coefficient (Wildman–Crippen LogP) is 7.99. The number of hydrogen-bond donors (Lipinski definition) is 0. The molecule has 2 atom stereocenters. The van der Waals surface area contributed by atoms with E-state index in [0.29, 0.717) is 28.9 Å². The SMILES string of the molecule is CCOc1cc(/C=C2\SC(=Nc3ccccc3)N([C@@H]3CCCC[C@@H]3C)C2=O)ccc1OCc1cccc(F)c1. The number of carbonyl (C=O) groups excluding carboxylic acids is 1. The number of para-hydroxylation sites is 1. The van der Waals surface area contributed by atoms with Gasteiger partial charge in [-0.15, -0.1) is 0 Å². The van der Waals surface area contributed by atoms with Crippen LogP contribution >= 0.6 is 11.8 Å². The Bertz CT molecular complexity index is 1370. The van der Waals surface area contributed by atoms with Gasteiger partial charge in [-0.3, -0.25) is 9.69 Å². The highest BCUT2D eigenvalue weighted by molar-refractivity contribution is 8.18. The van der Waals surface area contributed by atoms with E-state index in [1.807, 2.05) is 72.5 Å². The lowest BCUT2D eigenvalue weighted by atomic mass is 9.85. The van der Waals surface area contributed by atoms with Crippen molar-refractivity contribution in [2.24, 2.45) is 10.9 Å². The molecule has 3 aromatic carbocycles. The number of thioether (sulfide) groups is 1. The van der Waals surface area contributed by atoms with Crippen LogP contribution in [0.5, 0.6) is 11.5 Å². The molecule has 2 fully saturated rings. The van der Waals surface area contributed by atoms with Gasteiger partial charge >= 0.3 is 0 Å². The molecular weight excluding hydrogens is 511 g/mol. The van der Waals surface area contributed by atoms with Crippen molar-refractivity contribution in [1.29, 1.82) is 0 Å². The molecule has 1 saturated heterocycles. The first-order valence-corrected chi connectivity index (χ1v) is 14.3. The molecule has 1 aliphatic carbocycles. The summed E-state index contributed by atoms with van der Waals surface area (Å²) in [5.41, 5.74) is 2.41. The fraction of sp³-hybridized carbons (Fsp3) is 0.312. The molecule has 0 radical (unpaired) electrons. The largest absolute Gasteiger partial charge is 0.490 e. The van der Waals surface area contributed by atoms with E-state index in [9.17, 15) is 9.18 Å². The van der Waals surface area contributed by atoms with E-state index < -0.39 is 0 Å². The number of ether oxygens (including phenoxy) is 2. The second-order valence-corrected chi connectivity index (χ2v) is 10.9. The lowest BCUT2D eigenvalue weighted by molar-refractivity contribution is -0.124. The summed E-state index contributed by atoms with van der Waals surface area (Å²) in [6.45, 7) is 4.83. The van der Waals surface area contributed by atoms with Gasteiger partial charge in [-0.05, 0) is 91.0 Å². The fourth-order valence-electron chi connectivity index (χ4n) is 5.09. The van der Waals surface area contributed by atoms with Gasteiger partial charge < -0.3 is 9.47 Å². The monoisotopic (exact) mass is 544 g/mol. The van der Waals surface area contributed by atoms with Gasteiger partial charge in [0, 0.05) is 6.04 Å². The van der Waals surface area contributed by atoms with Gasteiger partial charge in [-0.1, -0.05) is 56.2 Å². The van der Waals surface area contributed by atoms with E-state index in [1.165, 1.54) is 30.3 Å². The Labute approximate surface area is 233 Å². The molecule has 1 amide bonds. The van der Waals surface area contributed by atoms with Crippen LogP contribution in [0.3, 0.4) is 0 Å². The van der Waals surface area contributed by atoms with Crippen LogP contribution < -0.4 is 9.47 Å². The summed E-state index contributed by atoms with van der Waals surface area (Å²) in [5.74, 6) is 1.27. The summed E-state index contributed by atoms with van der Waals surface area (Å²) in [4.78, 5) is 21.2. The summed E-state index contributed by atoms with van der Waals surface area (Å²) >= 11 is 1.42. The zero-order valence-corrected chi connectivity index (χ0v) is 23.1. The van der Waals surface area contributed by atoms with E-state index in [0.717, 1.165) is 41.2 Å². The van der Waals surface area contributed by atoms with Crippen molar-refractivity contribution in [1.82, 2.24) is 4.90 Å². The summed E-state index contributed by atoms with van der Waals surface area (Å²) in [6.07, 6.45) is 6.33. The molecule has 0 spiro atoms. The smallest absolute Gasteiger partial charge is 0.267 e. The second-order valence-electron chi connectivity index (χ2n) is 9.90. The number of hydrogen-bond acceptors (Lipinski definition) is 5. The Balaban J connectivity index is 1.42. The minimum Gasteiger partial charge on any atom is -0.490 e. The van der Waals surface area contributed by atoms with Crippen molar-refractivity contribution in [3.8, 4) is 11.5 Å². The molecule has 7 heteroatoms. The lowest BCUT2D eigenvalue weighted by Gasteiger charge is -2.35. The molecule has 1 saturated carbocycles. The first-order valence-electron chi connectivity index (χ1n) is 13.5. The van der Waals surface area contributed by atoms with Gasteiger partial charge in [0.15, 0.2) is 16.7 Å². The Morgan fingerprint density at radius 3 is 2.59 bits per heavy atom. The molecule has 1 heterocycles. The first-order chi connectivity index (χ1) is 19.0. The van der Waals surface area contributed by atoms with Crippen LogP contribution in [-0.4, -0.2) is 28.6 Å². The van der Waals surface area contributed by atoms with Crippen molar-refractivity contribution in [2.45, 2.75) is 52.2 Å². The number of halogens is 1. The number of rotatable bonds is 8. The summed E-state index contributed by atoms with van der Waals surface area (Å²) in [6, 6.07) is 21.9. The van der Waals surface area contributed by atoms with E-state index in [2.05, 4.69) is 6.92 Å². The normalized spacial score (nSPS) is 21.5. The van der Waals surface area contributed by atoms with Crippen molar-refractivity contribution < 1.29 is 18.7 Å². The van der Waals surface area contributed by atoms with E-state index in [-0.39, 0.29) is 24.4 Å². The minimum absolute atomic E-state index is 0.00202. The highest BCUT2D eigenvalue weighted by atomic mass is 32.2. The van der Waals surface area contributed by atoms with E-state index in [1.54, 1.807) is 6.07 Å². The van der Waals surface area contributed by atoms with Crippen LogP contribution in [0, 0.1) is 11.7 Å². The lowest BCUT2D eigenvalue weighted by Crippen LogP contribution is -2.44. The highest BCUT2D eigenvalue weighted by Gasteiger charge is 2.41. The van der Waals surface area contributed by atoms with Gasteiger partial charge in [0.2, 0.25) is 0 Å². The van der Waals surface area contributed by atoms with Crippen LogP contribution in [0.1, 0.15) is 50.7 Å². The summed E-state index contributed by atoms with van der Waals surface area (Å²) in [7, 11) is 0. The van der Waals surface area contributed by atoms with Gasteiger partial charge in [0.05, 0.1) is 17.2 Å². The highest BCUT2D eigenvalue weighted by Crippen LogP contribution is 2.40. The molecule has 5 rings (SSSR count). The van der Waals surface area contributed by atoms with E-state index >= 15 is 0 Å². The maximum Gasteiger partial charge on any atom is 0.267 e. The molecule has 0 bridgehead atoms. The van der Waals surface area contributed by atoms with Crippen LogP contribution in [0.25, 0.3) is 6.08 Å². The van der Waals surface area contributed by atoms with Crippen molar-refractivity contribution in [3.05, 3.63) is 94.6 Å². The summed E-state index contributed by atoms with van der Waals surface area (Å²) in [5, 5.41) is 0.733. The van der Waals surface area contributed by atoms with Gasteiger partial charge in [-0.2, -0.15) is 0 Å².